The number of carbonyl (C=O) groups excluding carboxylic acids is 2. The Balaban J connectivity index is 1.70. The van der Waals surface area contributed by atoms with Crippen molar-refractivity contribution < 1.29 is 14.3 Å². The predicted octanol–water partition coefficient (Wildman–Crippen LogP) is 2.97. The van der Waals surface area contributed by atoms with Gasteiger partial charge in [-0.2, -0.15) is 0 Å². The summed E-state index contributed by atoms with van der Waals surface area (Å²) in [6.45, 7) is 5.61. The lowest BCUT2D eigenvalue weighted by Gasteiger charge is -2.34. The number of fused-ring (bicyclic) bond motifs is 1. The minimum Gasteiger partial charge on any atom is -0.444 e. The molecule has 0 aliphatic heterocycles. The number of nitrogens with one attached hydrogen (secondary N) is 2. The number of H-pyrrole nitrogens is 1. The van der Waals surface area contributed by atoms with Crippen molar-refractivity contribution in [1.82, 2.24) is 20.2 Å². The number of aromatic amines is 1. The van der Waals surface area contributed by atoms with Gasteiger partial charge >= 0.3 is 6.09 Å². The molecule has 30 heavy (non-hydrogen) atoms. The van der Waals surface area contributed by atoms with E-state index in [1.165, 1.54) is 0 Å². The molecule has 1 aromatic heterocycles. The smallest absolute Gasteiger partial charge is 0.407 e. The molecule has 162 valence electrons. The van der Waals surface area contributed by atoms with Crippen LogP contribution in [0.5, 0.6) is 0 Å². The summed E-state index contributed by atoms with van der Waals surface area (Å²) >= 11 is 0. The largest absolute Gasteiger partial charge is 0.444 e. The maximum atomic E-state index is 13.1. The lowest BCUT2D eigenvalue weighted by molar-refractivity contribution is -0.136. The van der Waals surface area contributed by atoms with Crippen molar-refractivity contribution in [3.8, 4) is 0 Å². The molecule has 0 radical (unpaired) electrons. The summed E-state index contributed by atoms with van der Waals surface area (Å²) in [6, 6.07) is 6.83. The summed E-state index contributed by atoms with van der Waals surface area (Å²) < 4.78 is 5.35. The van der Waals surface area contributed by atoms with Gasteiger partial charge in [0, 0.05) is 13.1 Å². The molecular formula is C22H30N4O4. The SMILES string of the molecule is CN(Cc1nc2ccccc2c(=O)[nH]1)C(=O)[C@@H]1CCCC[C@H]1NC(=O)OC(C)(C)C. The number of benzene rings is 1. The fraction of sp³-hybridized carbons (Fsp3) is 0.545. The summed E-state index contributed by atoms with van der Waals surface area (Å²) in [5.74, 6) is 0.0250. The van der Waals surface area contributed by atoms with Gasteiger partial charge in [0.15, 0.2) is 0 Å². The molecule has 0 unspecified atom stereocenters. The Morgan fingerprint density at radius 3 is 2.67 bits per heavy atom. The highest BCUT2D eigenvalue weighted by Gasteiger charge is 2.34. The van der Waals surface area contributed by atoms with Gasteiger partial charge in [0.2, 0.25) is 5.91 Å². The number of hydrogen-bond donors (Lipinski definition) is 2. The van der Waals surface area contributed by atoms with Crippen LogP contribution in [0.2, 0.25) is 0 Å². The van der Waals surface area contributed by atoms with Gasteiger partial charge in [0.25, 0.3) is 5.56 Å². The summed E-state index contributed by atoms with van der Waals surface area (Å²) in [7, 11) is 1.69. The van der Waals surface area contributed by atoms with Gasteiger partial charge < -0.3 is 19.9 Å². The zero-order valence-corrected chi connectivity index (χ0v) is 18.0. The first-order valence-electron chi connectivity index (χ1n) is 10.4. The minimum atomic E-state index is -0.595. The van der Waals surface area contributed by atoms with Gasteiger partial charge in [0.05, 0.1) is 23.4 Å². The number of carbonyl (C=O) groups is 2. The van der Waals surface area contributed by atoms with E-state index in [1.54, 1.807) is 50.9 Å². The van der Waals surface area contributed by atoms with E-state index in [4.69, 9.17) is 4.74 Å². The summed E-state index contributed by atoms with van der Waals surface area (Å²) in [4.78, 5) is 46.4. The second-order valence-electron chi connectivity index (χ2n) is 8.87. The van der Waals surface area contributed by atoms with Crippen molar-refractivity contribution >= 4 is 22.9 Å². The van der Waals surface area contributed by atoms with Crippen molar-refractivity contribution in [2.45, 2.75) is 64.6 Å². The first-order chi connectivity index (χ1) is 14.1. The fourth-order valence-corrected chi connectivity index (χ4v) is 3.85. The second-order valence-corrected chi connectivity index (χ2v) is 8.87. The Kier molecular flexibility index (Phi) is 6.43. The number of para-hydroxylation sites is 1. The molecule has 1 aliphatic rings. The van der Waals surface area contributed by atoms with Crippen molar-refractivity contribution in [3.63, 3.8) is 0 Å². The van der Waals surface area contributed by atoms with E-state index >= 15 is 0 Å². The van der Waals surface area contributed by atoms with E-state index in [9.17, 15) is 14.4 Å². The molecule has 2 atom stereocenters. The standard InChI is InChI=1S/C22H30N4O4/c1-22(2,3)30-21(29)24-17-12-8-6-10-15(17)20(28)26(4)13-18-23-16-11-7-5-9-14(16)19(27)25-18/h5,7,9,11,15,17H,6,8,10,12-13H2,1-4H3,(H,24,29)(H,23,25,27)/t15-,17-/m1/s1. The Morgan fingerprint density at radius 2 is 1.93 bits per heavy atom. The summed E-state index contributed by atoms with van der Waals surface area (Å²) in [5.41, 5.74) is -0.222. The predicted molar refractivity (Wildman–Crippen MR) is 114 cm³/mol. The van der Waals surface area contributed by atoms with Gasteiger partial charge in [-0.15, -0.1) is 0 Å². The normalized spacial score (nSPS) is 19.3. The fourth-order valence-electron chi connectivity index (χ4n) is 3.85. The molecular weight excluding hydrogens is 384 g/mol. The maximum absolute atomic E-state index is 13.1. The second kappa shape index (κ2) is 8.85. The number of alkyl carbamates (subject to hydrolysis) is 1. The zero-order valence-electron chi connectivity index (χ0n) is 18.0. The van der Waals surface area contributed by atoms with Crippen LogP contribution in [0.15, 0.2) is 29.1 Å². The average Bonchev–Trinajstić information content (AvgIpc) is 2.66. The molecule has 2 N–H and O–H groups in total. The number of ether oxygens (including phenoxy) is 1. The first-order valence-corrected chi connectivity index (χ1v) is 10.4. The summed E-state index contributed by atoms with van der Waals surface area (Å²) in [6.07, 6.45) is 2.81. The molecule has 1 aliphatic carbocycles. The Labute approximate surface area is 176 Å². The molecule has 1 saturated carbocycles. The third kappa shape index (κ3) is 5.37. The summed E-state index contributed by atoms with van der Waals surface area (Å²) in [5, 5.41) is 3.39. The van der Waals surface area contributed by atoms with Crippen LogP contribution < -0.4 is 10.9 Å². The highest BCUT2D eigenvalue weighted by atomic mass is 16.6. The monoisotopic (exact) mass is 414 g/mol. The van der Waals surface area contributed by atoms with Crippen LogP contribution in [0, 0.1) is 5.92 Å². The van der Waals surface area contributed by atoms with Gasteiger partial charge in [-0.25, -0.2) is 9.78 Å². The van der Waals surface area contributed by atoms with Crippen LogP contribution in [0.1, 0.15) is 52.3 Å². The highest BCUT2D eigenvalue weighted by molar-refractivity contribution is 5.81. The topological polar surface area (TPSA) is 104 Å². The van der Waals surface area contributed by atoms with Crippen molar-refractivity contribution in [1.29, 1.82) is 0 Å². The lowest BCUT2D eigenvalue weighted by Crippen LogP contribution is -2.49. The van der Waals surface area contributed by atoms with Gasteiger partial charge in [-0.05, 0) is 45.7 Å². The molecule has 0 spiro atoms. The van der Waals surface area contributed by atoms with Gasteiger partial charge in [0.1, 0.15) is 11.4 Å². The highest BCUT2D eigenvalue weighted by Crippen LogP contribution is 2.27. The Bertz CT molecular complexity index is 979. The lowest BCUT2D eigenvalue weighted by atomic mass is 9.83. The molecule has 8 nitrogen and oxygen atoms in total. The van der Waals surface area contributed by atoms with Crippen LogP contribution >= 0.6 is 0 Å². The van der Waals surface area contributed by atoms with E-state index < -0.39 is 11.7 Å². The van der Waals surface area contributed by atoms with Crippen LogP contribution in [0.25, 0.3) is 10.9 Å². The molecule has 1 heterocycles. The molecule has 8 heteroatoms. The Morgan fingerprint density at radius 1 is 1.23 bits per heavy atom. The molecule has 2 amide bonds. The van der Waals surface area contributed by atoms with E-state index in [0.717, 1.165) is 19.3 Å². The van der Waals surface area contributed by atoms with Crippen LogP contribution in [-0.2, 0) is 16.1 Å². The van der Waals surface area contributed by atoms with Crippen molar-refractivity contribution in [3.05, 3.63) is 40.4 Å². The third-order valence-corrected chi connectivity index (χ3v) is 5.21. The van der Waals surface area contributed by atoms with Gasteiger partial charge in [-0.3, -0.25) is 9.59 Å². The number of aromatic nitrogens is 2. The van der Waals surface area contributed by atoms with Crippen molar-refractivity contribution in [2.24, 2.45) is 5.92 Å². The number of amides is 2. The van der Waals surface area contributed by atoms with Crippen LogP contribution in [0.3, 0.4) is 0 Å². The molecule has 1 aromatic carbocycles. The Hall–Kier alpha value is -2.90. The van der Waals surface area contributed by atoms with Crippen LogP contribution in [0.4, 0.5) is 4.79 Å². The molecule has 2 aromatic rings. The van der Waals surface area contributed by atoms with Crippen LogP contribution in [-0.4, -0.2) is 45.6 Å². The maximum Gasteiger partial charge on any atom is 0.407 e. The quantitative estimate of drug-likeness (QED) is 0.800. The number of hydrogen-bond acceptors (Lipinski definition) is 5. The molecule has 0 saturated heterocycles. The molecule has 1 fully saturated rings. The zero-order chi connectivity index (χ0) is 21.9. The molecule has 0 bridgehead atoms. The van der Waals surface area contributed by atoms with E-state index in [-0.39, 0.29) is 30.0 Å². The molecule has 3 rings (SSSR count). The number of nitrogens with zero attached hydrogens (tertiary/aromatic N) is 2. The van der Waals surface area contributed by atoms with E-state index in [1.807, 2.05) is 6.07 Å². The van der Waals surface area contributed by atoms with E-state index in [2.05, 4.69) is 15.3 Å². The van der Waals surface area contributed by atoms with Gasteiger partial charge in [-0.1, -0.05) is 25.0 Å². The first kappa shape index (κ1) is 21.8. The third-order valence-electron chi connectivity index (χ3n) is 5.21. The number of rotatable bonds is 4. The average molecular weight is 415 g/mol. The minimum absolute atomic E-state index is 0.0773. The van der Waals surface area contributed by atoms with Crippen molar-refractivity contribution in [2.75, 3.05) is 7.05 Å². The van der Waals surface area contributed by atoms with E-state index in [0.29, 0.717) is 23.1 Å².